The number of carbonyl (C=O) groups is 1. The van der Waals surface area contributed by atoms with Gasteiger partial charge in [-0.05, 0) is 55.0 Å². The smallest absolute Gasteiger partial charge is 0.465 e. The van der Waals surface area contributed by atoms with Crippen LogP contribution in [-0.4, -0.2) is 37.8 Å². The number of aryl methyl sites for hydroxylation is 1. The number of nitrogens with one attached hydrogen (secondary N) is 1. The highest BCUT2D eigenvalue weighted by Gasteiger charge is 2.27. The summed E-state index contributed by atoms with van der Waals surface area (Å²) in [5.74, 6) is -0.548. The molecule has 0 unspecified atom stereocenters. The van der Waals surface area contributed by atoms with Gasteiger partial charge in [0.1, 0.15) is 5.75 Å². The number of hydrogen-bond acceptors (Lipinski definition) is 6. The number of halogens is 3. The van der Waals surface area contributed by atoms with Crippen LogP contribution in [0.4, 0.5) is 14.5 Å². The fourth-order valence-corrected chi connectivity index (χ4v) is 3.75. The molecular weight excluding hydrogens is 456 g/mol. The number of aromatic nitrogens is 4. The average molecular weight is 472 g/mol. The first kappa shape index (κ1) is 21.1. The maximum Gasteiger partial charge on any atom is 0.487 e. The van der Waals surface area contributed by atoms with Gasteiger partial charge in [-0.1, -0.05) is 0 Å². The van der Waals surface area contributed by atoms with E-state index < -0.39 is 11.5 Å². The molecule has 0 saturated heterocycles. The summed E-state index contributed by atoms with van der Waals surface area (Å²) in [7, 11) is 0. The Kier molecular flexibility index (Phi) is 5.29. The number of amides is 1. The summed E-state index contributed by atoms with van der Waals surface area (Å²) in [6, 6.07) is 12.9. The Balaban J connectivity index is 1.50. The number of alkyl halides is 3. The maximum absolute atomic E-state index is 13.0. The van der Waals surface area contributed by atoms with Gasteiger partial charge in [0.05, 0.1) is 23.3 Å². The Labute approximate surface area is 191 Å². The zero-order valence-electron chi connectivity index (χ0n) is 17.0. The lowest BCUT2D eigenvalue weighted by Gasteiger charge is -2.16. The van der Waals surface area contributed by atoms with Crippen LogP contribution in [0.2, 0.25) is 0 Å². The zero-order valence-corrected chi connectivity index (χ0v) is 17.7. The zero-order chi connectivity index (χ0) is 23.0. The predicted molar refractivity (Wildman–Crippen MR) is 117 cm³/mol. The van der Waals surface area contributed by atoms with Gasteiger partial charge in [0, 0.05) is 41.2 Å². The molecule has 1 aliphatic heterocycles. The van der Waals surface area contributed by atoms with Gasteiger partial charge in [-0.2, -0.15) is 15.2 Å². The van der Waals surface area contributed by atoms with E-state index in [2.05, 4.69) is 25.2 Å². The van der Waals surface area contributed by atoms with Crippen LogP contribution < -0.4 is 14.8 Å². The number of nitrogens with zero attached hydrogens (tertiary/aromatic N) is 4. The minimum Gasteiger partial charge on any atom is -0.465 e. The van der Waals surface area contributed by atoms with Gasteiger partial charge in [0.2, 0.25) is 0 Å². The Morgan fingerprint density at radius 2 is 2.03 bits per heavy atom. The number of carbonyl (C=O) groups excluding carboxylic acids is 1. The summed E-state index contributed by atoms with van der Waals surface area (Å²) in [5, 5.41) is 10.9. The number of hydrogen-bond donors (Lipinski definition) is 1. The largest absolute Gasteiger partial charge is 0.487 e. The minimum absolute atomic E-state index is 0.136. The Bertz CT molecular complexity index is 1320. The van der Waals surface area contributed by atoms with Crippen LogP contribution in [0, 0.1) is 0 Å². The second-order valence-corrected chi connectivity index (χ2v) is 7.71. The molecule has 4 aromatic rings. The number of benzene rings is 2. The quantitative estimate of drug-likeness (QED) is 0.424. The molecule has 2 aromatic carbocycles. The lowest BCUT2D eigenvalue weighted by Crippen LogP contribution is -2.16. The lowest BCUT2D eigenvalue weighted by atomic mass is 10.0. The molecule has 0 bridgehead atoms. The van der Waals surface area contributed by atoms with E-state index in [4.69, 9.17) is 16.3 Å². The predicted octanol–water partition coefficient (Wildman–Crippen LogP) is 4.70. The summed E-state index contributed by atoms with van der Waals surface area (Å²) < 4.78 is 37.5. The van der Waals surface area contributed by atoms with Gasteiger partial charge in [0.15, 0.2) is 0 Å². The van der Waals surface area contributed by atoms with Crippen LogP contribution in [0.5, 0.6) is 11.8 Å². The fraction of sp³-hybridized carbons (Fsp3) is 0.182. The minimum atomic E-state index is -3.82. The van der Waals surface area contributed by atoms with E-state index in [1.54, 1.807) is 30.5 Å². The highest BCUT2D eigenvalue weighted by molar-refractivity contribution is 6.20. The molecule has 0 spiro atoms. The SMILES string of the molecule is O=C(Nc1ccc(OC(F)(F)Cl)cc1)c1cc(-c2cccnn2)c2c(c1)nc1n2CCCO1. The number of fused-ring (bicyclic) bond motifs is 3. The third-order valence-electron chi connectivity index (χ3n) is 5.02. The molecule has 0 aliphatic carbocycles. The van der Waals surface area contributed by atoms with Crippen LogP contribution in [0.15, 0.2) is 54.7 Å². The number of rotatable bonds is 5. The highest BCUT2D eigenvalue weighted by Crippen LogP contribution is 2.34. The van der Waals surface area contributed by atoms with Crippen molar-refractivity contribution in [3.8, 4) is 23.0 Å². The van der Waals surface area contributed by atoms with E-state index >= 15 is 0 Å². The number of anilines is 1. The maximum atomic E-state index is 13.0. The standard InChI is InChI=1S/C22H16ClF2N5O3/c23-22(24,25)33-15-6-4-14(5-7-15)27-20(31)13-11-16(17-3-1-8-26-29-17)19-18(12-13)28-21-30(19)9-2-10-32-21/h1,3-8,11-12H,2,9-10H2,(H,27,31). The van der Waals surface area contributed by atoms with E-state index in [1.807, 2.05) is 4.57 Å². The van der Waals surface area contributed by atoms with Crippen LogP contribution in [0.3, 0.4) is 0 Å². The van der Waals surface area contributed by atoms with E-state index in [0.29, 0.717) is 40.6 Å². The van der Waals surface area contributed by atoms with Gasteiger partial charge in [-0.3, -0.25) is 9.36 Å². The first-order valence-electron chi connectivity index (χ1n) is 10.00. The highest BCUT2D eigenvalue weighted by atomic mass is 35.5. The molecule has 5 rings (SSSR count). The Hall–Kier alpha value is -3.79. The van der Waals surface area contributed by atoms with Gasteiger partial charge >= 0.3 is 5.57 Å². The summed E-state index contributed by atoms with van der Waals surface area (Å²) >= 11 is 4.77. The van der Waals surface area contributed by atoms with E-state index in [1.165, 1.54) is 24.3 Å². The molecule has 8 nitrogen and oxygen atoms in total. The Morgan fingerprint density at radius 3 is 2.76 bits per heavy atom. The second-order valence-electron chi connectivity index (χ2n) is 7.27. The molecular formula is C22H16ClF2N5O3. The Morgan fingerprint density at radius 1 is 1.21 bits per heavy atom. The molecule has 168 valence electrons. The van der Waals surface area contributed by atoms with Crippen molar-refractivity contribution in [1.82, 2.24) is 19.7 Å². The van der Waals surface area contributed by atoms with Crippen LogP contribution in [-0.2, 0) is 6.54 Å². The summed E-state index contributed by atoms with van der Waals surface area (Å²) in [6.45, 7) is 1.31. The molecule has 0 fully saturated rings. The normalized spacial score (nSPS) is 13.3. The monoisotopic (exact) mass is 471 g/mol. The molecule has 0 atom stereocenters. The molecule has 1 N–H and O–H groups in total. The average Bonchev–Trinajstić information content (AvgIpc) is 3.18. The molecule has 1 amide bonds. The molecule has 1 aliphatic rings. The van der Waals surface area contributed by atoms with Gasteiger partial charge < -0.3 is 14.8 Å². The molecule has 33 heavy (non-hydrogen) atoms. The van der Waals surface area contributed by atoms with Gasteiger partial charge in [0.25, 0.3) is 11.9 Å². The topological polar surface area (TPSA) is 91.2 Å². The van der Waals surface area contributed by atoms with E-state index in [-0.39, 0.29) is 5.75 Å². The molecule has 2 aromatic heterocycles. The number of ether oxygens (including phenoxy) is 2. The molecule has 11 heteroatoms. The van der Waals surface area contributed by atoms with Crippen molar-refractivity contribution in [3.05, 3.63) is 60.3 Å². The number of imidazole rings is 1. The summed E-state index contributed by atoms with van der Waals surface area (Å²) in [4.78, 5) is 17.6. The van der Waals surface area contributed by atoms with Gasteiger partial charge in [-0.25, -0.2) is 0 Å². The molecule has 0 saturated carbocycles. The third kappa shape index (κ3) is 4.42. The van der Waals surface area contributed by atoms with E-state index in [0.717, 1.165) is 18.5 Å². The van der Waals surface area contributed by atoms with Crippen LogP contribution in [0.25, 0.3) is 22.3 Å². The summed E-state index contributed by atoms with van der Waals surface area (Å²) in [6.07, 6.45) is 2.41. The fourth-order valence-electron chi connectivity index (χ4n) is 3.67. The van der Waals surface area contributed by atoms with Crippen molar-refractivity contribution in [2.45, 2.75) is 18.5 Å². The van der Waals surface area contributed by atoms with Crippen molar-refractivity contribution >= 4 is 34.2 Å². The second kappa shape index (κ2) is 8.28. The van der Waals surface area contributed by atoms with Crippen molar-refractivity contribution in [2.24, 2.45) is 0 Å². The van der Waals surface area contributed by atoms with Crippen LogP contribution in [0.1, 0.15) is 16.8 Å². The van der Waals surface area contributed by atoms with Crippen molar-refractivity contribution in [2.75, 3.05) is 11.9 Å². The summed E-state index contributed by atoms with van der Waals surface area (Å²) in [5.41, 5.74) is -0.398. The third-order valence-corrected chi connectivity index (χ3v) is 5.10. The lowest BCUT2D eigenvalue weighted by molar-refractivity contribution is -0.0964. The van der Waals surface area contributed by atoms with Crippen LogP contribution >= 0.6 is 11.6 Å². The van der Waals surface area contributed by atoms with Crippen molar-refractivity contribution < 1.29 is 23.0 Å². The molecule has 0 radical (unpaired) electrons. The van der Waals surface area contributed by atoms with Gasteiger partial charge in [-0.15, -0.1) is 8.78 Å². The van der Waals surface area contributed by atoms with E-state index in [9.17, 15) is 13.6 Å². The first-order chi connectivity index (χ1) is 15.9. The van der Waals surface area contributed by atoms with Crippen molar-refractivity contribution in [3.63, 3.8) is 0 Å². The molecule has 3 heterocycles. The van der Waals surface area contributed by atoms with Crippen molar-refractivity contribution in [1.29, 1.82) is 0 Å². The first-order valence-corrected chi connectivity index (χ1v) is 10.4.